The molecule has 0 aliphatic heterocycles. The number of esters is 1. The third-order valence-corrected chi connectivity index (χ3v) is 3.26. The van der Waals surface area contributed by atoms with Gasteiger partial charge in [0.05, 0.1) is 13.5 Å². The van der Waals surface area contributed by atoms with Crippen molar-refractivity contribution < 1.29 is 13.9 Å². The summed E-state index contributed by atoms with van der Waals surface area (Å²) in [6, 6.07) is 3.00. The molecule has 1 aromatic rings. The van der Waals surface area contributed by atoms with Crippen molar-refractivity contribution >= 4 is 37.8 Å². The molecule has 0 heterocycles. The molecule has 0 aliphatic rings. The van der Waals surface area contributed by atoms with E-state index in [0.29, 0.717) is 15.4 Å². The fraction of sp³-hybridized carbons (Fsp3) is 0.300. The third-order valence-electron chi connectivity index (χ3n) is 1.92. The van der Waals surface area contributed by atoms with Crippen molar-refractivity contribution in [1.82, 2.24) is 0 Å². The van der Waals surface area contributed by atoms with Crippen LogP contribution in [0.15, 0.2) is 16.6 Å². The number of alkyl halides is 1. The van der Waals surface area contributed by atoms with E-state index in [0.717, 1.165) is 5.56 Å². The van der Waals surface area contributed by atoms with Crippen LogP contribution in [0.4, 0.5) is 4.39 Å². The van der Waals surface area contributed by atoms with Gasteiger partial charge in [0.15, 0.2) is 0 Å². The first-order chi connectivity index (χ1) is 7.08. The fourth-order valence-electron chi connectivity index (χ4n) is 1.11. The molecule has 0 amide bonds. The monoisotopic (exact) mass is 338 g/mol. The van der Waals surface area contributed by atoms with E-state index in [9.17, 15) is 9.18 Å². The van der Waals surface area contributed by atoms with Gasteiger partial charge in [0.1, 0.15) is 5.82 Å². The van der Waals surface area contributed by atoms with E-state index >= 15 is 0 Å². The number of carbonyl (C=O) groups excluding carboxylic acids is 1. The number of halogens is 3. The van der Waals surface area contributed by atoms with Crippen molar-refractivity contribution in [2.24, 2.45) is 0 Å². The van der Waals surface area contributed by atoms with Crippen LogP contribution in [0.2, 0.25) is 0 Å². The number of hydrogen-bond donors (Lipinski definition) is 0. The molecular formula is C10H9Br2FO2. The van der Waals surface area contributed by atoms with Crippen LogP contribution in [0.1, 0.15) is 11.1 Å². The molecule has 0 unspecified atom stereocenters. The zero-order chi connectivity index (χ0) is 11.4. The summed E-state index contributed by atoms with van der Waals surface area (Å²) in [6.07, 6.45) is 0.136. The highest BCUT2D eigenvalue weighted by molar-refractivity contribution is 9.10. The third kappa shape index (κ3) is 3.28. The lowest BCUT2D eigenvalue weighted by molar-refractivity contribution is -0.139. The fourth-order valence-corrected chi connectivity index (χ4v) is 2.00. The number of methoxy groups -OCH3 is 1. The van der Waals surface area contributed by atoms with Gasteiger partial charge in [-0.25, -0.2) is 4.39 Å². The molecule has 15 heavy (non-hydrogen) atoms. The predicted molar refractivity (Wildman–Crippen MR) is 62.5 cm³/mol. The summed E-state index contributed by atoms with van der Waals surface area (Å²) < 4.78 is 18.4. The van der Waals surface area contributed by atoms with Crippen LogP contribution in [-0.4, -0.2) is 13.1 Å². The van der Waals surface area contributed by atoms with Gasteiger partial charge >= 0.3 is 5.97 Å². The normalized spacial score (nSPS) is 10.1. The average molecular weight is 340 g/mol. The molecule has 82 valence electrons. The van der Waals surface area contributed by atoms with E-state index in [1.165, 1.54) is 13.2 Å². The molecule has 0 bridgehead atoms. The standard InChI is InChI=1S/C10H9Br2FO2/c1-15-10(14)3-6-2-7(5-11)9(13)4-8(6)12/h2,4H,3,5H2,1H3. The summed E-state index contributed by atoms with van der Waals surface area (Å²) in [7, 11) is 1.32. The maximum Gasteiger partial charge on any atom is 0.310 e. The summed E-state index contributed by atoms with van der Waals surface area (Å²) in [5, 5.41) is 0.417. The molecule has 5 heteroatoms. The Labute approximate surface area is 104 Å². The molecule has 1 rings (SSSR count). The lowest BCUT2D eigenvalue weighted by Gasteiger charge is -2.06. The minimum Gasteiger partial charge on any atom is -0.469 e. The van der Waals surface area contributed by atoms with Gasteiger partial charge in [-0.1, -0.05) is 37.9 Å². The highest BCUT2D eigenvalue weighted by atomic mass is 79.9. The van der Waals surface area contributed by atoms with E-state index in [-0.39, 0.29) is 18.2 Å². The number of benzene rings is 1. The van der Waals surface area contributed by atoms with Gasteiger partial charge in [-0.15, -0.1) is 0 Å². The minimum absolute atomic E-state index is 0.136. The molecule has 0 atom stereocenters. The van der Waals surface area contributed by atoms with Crippen LogP contribution in [0.3, 0.4) is 0 Å². The first-order valence-corrected chi connectivity index (χ1v) is 6.09. The van der Waals surface area contributed by atoms with Crippen molar-refractivity contribution in [2.75, 3.05) is 7.11 Å². The Morgan fingerprint density at radius 2 is 2.13 bits per heavy atom. The Morgan fingerprint density at radius 1 is 1.47 bits per heavy atom. The molecule has 1 aromatic carbocycles. The molecule has 0 N–H and O–H groups in total. The minimum atomic E-state index is -0.345. The van der Waals surface area contributed by atoms with Crippen LogP contribution in [0.25, 0.3) is 0 Å². The van der Waals surface area contributed by atoms with Gasteiger partial charge in [0.2, 0.25) is 0 Å². The Kier molecular flexibility index (Phi) is 4.73. The van der Waals surface area contributed by atoms with E-state index in [1.54, 1.807) is 6.07 Å². The Bertz CT molecular complexity index is 380. The maximum atomic E-state index is 13.3. The van der Waals surface area contributed by atoms with Gasteiger partial charge in [0.25, 0.3) is 0 Å². The topological polar surface area (TPSA) is 26.3 Å². The van der Waals surface area contributed by atoms with E-state index in [2.05, 4.69) is 36.6 Å². The Hall–Kier alpha value is -0.420. The molecular weight excluding hydrogens is 331 g/mol. The zero-order valence-electron chi connectivity index (χ0n) is 8.02. The van der Waals surface area contributed by atoms with Crippen molar-refractivity contribution in [2.45, 2.75) is 11.8 Å². The predicted octanol–water partition coefficient (Wildman–Crippen LogP) is 3.20. The maximum absolute atomic E-state index is 13.3. The molecule has 0 aliphatic carbocycles. The zero-order valence-corrected chi connectivity index (χ0v) is 11.2. The number of hydrogen-bond acceptors (Lipinski definition) is 2. The Morgan fingerprint density at radius 3 is 2.67 bits per heavy atom. The summed E-state index contributed by atoms with van der Waals surface area (Å²) in [4.78, 5) is 11.1. The summed E-state index contributed by atoms with van der Waals surface area (Å²) in [5.41, 5.74) is 1.25. The van der Waals surface area contributed by atoms with Crippen LogP contribution in [0.5, 0.6) is 0 Å². The molecule has 0 radical (unpaired) electrons. The van der Waals surface area contributed by atoms with Crippen molar-refractivity contribution in [3.05, 3.63) is 33.5 Å². The molecule has 0 saturated carbocycles. The first-order valence-electron chi connectivity index (χ1n) is 4.18. The smallest absolute Gasteiger partial charge is 0.310 e. The first kappa shape index (κ1) is 12.6. The van der Waals surface area contributed by atoms with Gasteiger partial charge in [-0.3, -0.25) is 4.79 Å². The summed E-state index contributed by atoms with van der Waals surface area (Å²) in [6.45, 7) is 0. The second-order valence-corrected chi connectivity index (χ2v) is 4.34. The molecule has 0 aromatic heterocycles. The van der Waals surface area contributed by atoms with Gasteiger partial charge in [-0.05, 0) is 17.2 Å². The lowest BCUT2D eigenvalue weighted by atomic mass is 10.1. The highest BCUT2D eigenvalue weighted by Crippen LogP contribution is 2.23. The number of rotatable bonds is 3. The van der Waals surface area contributed by atoms with Gasteiger partial charge in [0, 0.05) is 9.80 Å². The second-order valence-electron chi connectivity index (χ2n) is 2.92. The molecule has 0 fully saturated rings. The van der Waals surface area contributed by atoms with Crippen molar-refractivity contribution in [3.63, 3.8) is 0 Å². The molecule has 0 saturated heterocycles. The highest BCUT2D eigenvalue weighted by Gasteiger charge is 2.11. The van der Waals surface area contributed by atoms with E-state index in [1.807, 2.05) is 0 Å². The van der Waals surface area contributed by atoms with Crippen molar-refractivity contribution in [3.8, 4) is 0 Å². The lowest BCUT2D eigenvalue weighted by Crippen LogP contribution is -2.06. The SMILES string of the molecule is COC(=O)Cc1cc(CBr)c(F)cc1Br. The van der Waals surface area contributed by atoms with Crippen LogP contribution < -0.4 is 0 Å². The molecule has 0 spiro atoms. The van der Waals surface area contributed by atoms with E-state index < -0.39 is 0 Å². The largest absolute Gasteiger partial charge is 0.469 e. The average Bonchev–Trinajstić information content (AvgIpc) is 2.21. The summed E-state index contributed by atoms with van der Waals surface area (Å²) >= 11 is 6.38. The number of ether oxygens (including phenoxy) is 1. The van der Waals surface area contributed by atoms with Gasteiger partial charge < -0.3 is 4.74 Å². The quantitative estimate of drug-likeness (QED) is 0.624. The van der Waals surface area contributed by atoms with Crippen molar-refractivity contribution in [1.29, 1.82) is 0 Å². The molecule has 2 nitrogen and oxygen atoms in total. The summed E-state index contributed by atoms with van der Waals surface area (Å²) in [5.74, 6) is -0.643. The second kappa shape index (κ2) is 5.61. The van der Waals surface area contributed by atoms with Crippen LogP contribution in [0, 0.1) is 5.82 Å². The van der Waals surface area contributed by atoms with E-state index in [4.69, 9.17) is 0 Å². The van der Waals surface area contributed by atoms with Crippen LogP contribution >= 0.6 is 31.9 Å². The Balaban J connectivity index is 3.02. The van der Waals surface area contributed by atoms with Crippen LogP contribution in [-0.2, 0) is 21.3 Å². The van der Waals surface area contributed by atoms with Gasteiger partial charge in [-0.2, -0.15) is 0 Å². The number of carbonyl (C=O) groups is 1.